The van der Waals surface area contributed by atoms with E-state index in [0.717, 1.165) is 32.1 Å². The van der Waals surface area contributed by atoms with E-state index in [-0.39, 0.29) is 11.8 Å². The molecule has 1 saturated heterocycles. The Morgan fingerprint density at radius 2 is 1.95 bits per heavy atom. The maximum absolute atomic E-state index is 12.8. The minimum absolute atomic E-state index is 0.0383. The molecule has 1 N–H and O–H groups in total. The standard InChI is InChI=1S/C15H26N2O3/c1-4-14(2)13(19)17(10-7-11-20-3)15(12(18)16-14)8-5-6-9-15/h4-11H2,1-3H3,(H,16,18). The van der Waals surface area contributed by atoms with Crippen LogP contribution < -0.4 is 5.32 Å². The first-order valence-corrected chi connectivity index (χ1v) is 7.64. The van der Waals surface area contributed by atoms with Crippen LogP contribution in [0.3, 0.4) is 0 Å². The minimum Gasteiger partial charge on any atom is -0.385 e. The lowest BCUT2D eigenvalue weighted by atomic mass is 9.83. The van der Waals surface area contributed by atoms with Crippen LogP contribution in [0, 0.1) is 0 Å². The molecule has 2 amide bonds. The number of hydrogen-bond donors (Lipinski definition) is 1. The molecule has 1 aliphatic heterocycles. The van der Waals surface area contributed by atoms with Crippen LogP contribution in [0.5, 0.6) is 0 Å². The van der Waals surface area contributed by atoms with Crippen molar-refractivity contribution in [1.82, 2.24) is 10.2 Å². The van der Waals surface area contributed by atoms with Gasteiger partial charge in [-0.3, -0.25) is 9.59 Å². The third-order valence-electron chi connectivity index (χ3n) is 4.91. The first kappa shape index (κ1) is 15.3. The van der Waals surface area contributed by atoms with E-state index in [2.05, 4.69) is 5.32 Å². The Kier molecular flexibility index (Phi) is 4.37. The first-order chi connectivity index (χ1) is 9.50. The number of rotatable bonds is 5. The summed E-state index contributed by atoms with van der Waals surface area (Å²) in [5.41, 5.74) is -1.35. The second-order valence-electron chi connectivity index (χ2n) is 6.18. The molecule has 2 fully saturated rings. The van der Waals surface area contributed by atoms with E-state index in [9.17, 15) is 9.59 Å². The van der Waals surface area contributed by atoms with E-state index in [0.29, 0.717) is 19.6 Å². The van der Waals surface area contributed by atoms with Gasteiger partial charge in [0.2, 0.25) is 11.8 Å². The van der Waals surface area contributed by atoms with Gasteiger partial charge in [-0.25, -0.2) is 0 Å². The van der Waals surface area contributed by atoms with Gasteiger partial charge in [0.25, 0.3) is 0 Å². The Hall–Kier alpha value is -1.10. The van der Waals surface area contributed by atoms with Crippen LogP contribution in [0.4, 0.5) is 0 Å². The highest BCUT2D eigenvalue weighted by Crippen LogP contribution is 2.40. The van der Waals surface area contributed by atoms with Crippen LogP contribution in [0.25, 0.3) is 0 Å². The van der Waals surface area contributed by atoms with Gasteiger partial charge in [-0.2, -0.15) is 0 Å². The Labute approximate surface area is 121 Å². The molecule has 0 aromatic carbocycles. The summed E-state index contributed by atoms with van der Waals surface area (Å²) in [5, 5.41) is 2.98. The van der Waals surface area contributed by atoms with Gasteiger partial charge in [0.15, 0.2) is 0 Å². The maximum Gasteiger partial charge on any atom is 0.248 e. The lowest BCUT2D eigenvalue weighted by Crippen LogP contribution is -2.74. The molecular weight excluding hydrogens is 256 g/mol. The number of piperazine rings is 1. The fourth-order valence-corrected chi connectivity index (χ4v) is 3.41. The largest absolute Gasteiger partial charge is 0.385 e. The highest BCUT2D eigenvalue weighted by Gasteiger charge is 2.56. The Morgan fingerprint density at radius 1 is 1.30 bits per heavy atom. The van der Waals surface area contributed by atoms with Crippen molar-refractivity contribution >= 4 is 11.8 Å². The van der Waals surface area contributed by atoms with E-state index in [4.69, 9.17) is 4.74 Å². The van der Waals surface area contributed by atoms with Crippen LogP contribution in [-0.4, -0.2) is 48.1 Å². The van der Waals surface area contributed by atoms with Gasteiger partial charge in [0, 0.05) is 20.3 Å². The van der Waals surface area contributed by atoms with E-state index in [1.165, 1.54) is 0 Å². The van der Waals surface area contributed by atoms with E-state index < -0.39 is 11.1 Å². The molecule has 0 aromatic heterocycles. The van der Waals surface area contributed by atoms with Crippen molar-refractivity contribution in [2.75, 3.05) is 20.3 Å². The number of amides is 2. The number of nitrogens with one attached hydrogen (secondary N) is 1. The molecule has 1 heterocycles. The third-order valence-corrected chi connectivity index (χ3v) is 4.91. The second-order valence-corrected chi connectivity index (χ2v) is 6.18. The van der Waals surface area contributed by atoms with Crippen LogP contribution >= 0.6 is 0 Å². The van der Waals surface area contributed by atoms with Gasteiger partial charge >= 0.3 is 0 Å². The average Bonchev–Trinajstić information content (AvgIpc) is 2.92. The summed E-state index contributed by atoms with van der Waals surface area (Å²) in [6.45, 7) is 5.00. The summed E-state index contributed by atoms with van der Waals surface area (Å²) >= 11 is 0. The Morgan fingerprint density at radius 3 is 2.50 bits per heavy atom. The molecule has 5 nitrogen and oxygen atoms in total. The number of carbonyl (C=O) groups is 2. The maximum atomic E-state index is 12.8. The molecule has 1 aliphatic carbocycles. The molecule has 1 unspecified atom stereocenters. The van der Waals surface area contributed by atoms with E-state index >= 15 is 0 Å². The lowest BCUT2D eigenvalue weighted by molar-refractivity contribution is -0.162. The van der Waals surface area contributed by atoms with Gasteiger partial charge in [-0.15, -0.1) is 0 Å². The van der Waals surface area contributed by atoms with Crippen molar-refractivity contribution in [2.45, 2.75) is 63.5 Å². The lowest BCUT2D eigenvalue weighted by Gasteiger charge is -2.50. The SMILES string of the molecule is CCC1(C)NC(=O)C2(CCCC2)N(CCCOC)C1=O. The molecule has 0 aromatic rings. The predicted molar refractivity (Wildman–Crippen MR) is 76.2 cm³/mol. The van der Waals surface area contributed by atoms with Gasteiger partial charge in [0.05, 0.1) is 0 Å². The highest BCUT2D eigenvalue weighted by atomic mass is 16.5. The molecule has 114 valence electrons. The first-order valence-electron chi connectivity index (χ1n) is 7.64. The monoisotopic (exact) mass is 282 g/mol. The second kappa shape index (κ2) is 5.72. The minimum atomic E-state index is -0.752. The highest BCUT2D eigenvalue weighted by molar-refractivity contribution is 6.02. The Balaban J connectivity index is 2.26. The van der Waals surface area contributed by atoms with Crippen molar-refractivity contribution in [2.24, 2.45) is 0 Å². The van der Waals surface area contributed by atoms with Crippen LogP contribution in [0.15, 0.2) is 0 Å². The number of nitrogens with zero attached hydrogens (tertiary/aromatic N) is 1. The van der Waals surface area contributed by atoms with Gasteiger partial charge in [-0.1, -0.05) is 19.8 Å². The summed E-state index contributed by atoms with van der Waals surface area (Å²) in [5.74, 6) is 0.106. The molecule has 2 rings (SSSR count). The molecule has 20 heavy (non-hydrogen) atoms. The fourth-order valence-electron chi connectivity index (χ4n) is 3.41. The zero-order valence-electron chi connectivity index (χ0n) is 12.8. The number of ether oxygens (including phenoxy) is 1. The smallest absolute Gasteiger partial charge is 0.248 e. The molecule has 0 radical (unpaired) electrons. The quantitative estimate of drug-likeness (QED) is 0.777. The zero-order valence-corrected chi connectivity index (χ0v) is 12.8. The molecule has 1 spiro atoms. The van der Waals surface area contributed by atoms with Crippen molar-refractivity contribution in [3.05, 3.63) is 0 Å². The molecule has 1 atom stereocenters. The molecule has 1 saturated carbocycles. The van der Waals surface area contributed by atoms with Crippen molar-refractivity contribution in [1.29, 1.82) is 0 Å². The average molecular weight is 282 g/mol. The van der Waals surface area contributed by atoms with Gasteiger partial charge in [-0.05, 0) is 32.6 Å². The van der Waals surface area contributed by atoms with Gasteiger partial charge < -0.3 is 15.0 Å². The van der Waals surface area contributed by atoms with Crippen LogP contribution in [-0.2, 0) is 14.3 Å². The summed E-state index contributed by atoms with van der Waals surface area (Å²) < 4.78 is 5.09. The van der Waals surface area contributed by atoms with Crippen molar-refractivity contribution < 1.29 is 14.3 Å². The van der Waals surface area contributed by atoms with Crippen molar-refractivity contribution in [3.63, 3.8) is 0 Å². The number of hydrogen-bond acceptors (Lipinski definition) is 3. The summed E-state index contributed by atoms with van der Waals surface area (Å²) in [6.07, 6.45) is 5.01. The molecule has 2 aliphatic rings. The predicted octanol–water partition coefficient (Wildman–Crippen LogP) is 1.46. The molecule has 5 heteroatoms. The van der Waals surface area contributed by atoms with E-state index in [1.807, 2.05) is 18.7 Å². The zero-order chi connectivity index (χ0) is 14.8. The van der Waals surface area contributed by atoms with E-state index in [1.54, 1.807) is 7.11 Å². The number of carbonyl (C=O) groups excluding carboxylic acids is 2. The summed E-state index contributed by atoms with van der Waals surface area (Å²) in [7, 11) is 1.66. The van der Waals surface area contributed by atoms with Gasteiger partial charge in [0.1, 0.15) is 11.1 Å². The van der Waals surface area contributed by atoms with Crippen LogP contribution in [0.1, 0.15) is 52.4 Å². The molecular formula is C15H26N2O3. The Bertz CT molecular complexity index is 391. The van der Waals surface area contributed by atoms with Crippen LogP contribution in [0.2, 0.25) is 0 Å². The number of methoxy groups -OCH3 is 1. The normalized spacial score (nSPS) is 29.1. The van der Waals surface area contributed by atoms with Crippen molar-refractivity contribution in [3.8, 4) is 0 Å². The third kappa shape index (κ3) is 2.32. The topological polar surface area (TPSA) is 58.6 Å². The summed E-state index contributed by atoms with van der Waals surface area (Å²) in [6, 6.07) is 0. The fraction of sp³-hybridized carbons (Fsp3) is 0.867. The molecule has 0 bridgehead atoms. The summed E-state index contributed by atoms with van der Waals surface area (Å²) in [4.78, 5) is 27.3.